The van der Waals surface area contributed by atoms with Crippen LogP contribution in [-0.4, -0.2) is 208 Å². The number of hydrogen-bond acceptors (Lipinski definition) is 24. The van der Waals surface area contributed by atoms with Crippen molar-refractivity contribution in [2.45, 2.75) is 137 Å². The highest BCUT2D eigenvalue weighted by atomic mass is 16.7. The third kappa shape index (κ3) is 9.19. The largest absolute Gasteiger partial charge is 0.508 e. The molecule has 0 aliphatic carbocycles. The summed E-state index contributed by atoms with van der Waals surface area (Å²) in [6, 6.07) is 7.15. The maximum absolute atomic E-state index is 14.3. The second kappa shape index (κ2) is 18.9. The van der Waals surface area contributed by atoms with Crippen LogP contribution in [0.15, 0.2) is 45.6 Å². The molecule has 24 nitrogen and oxygen atoms in total. The summed E-state index contributed by atoms with van der Waals surface area (Å²) in [6.07, 6.45) is -33.1. The maximum atomic E-state index is 14.3. The Labute approximate surface area is 355 Å². The van der Waals surface area contributed by atoms with E-state index < -0.39 is 158 Å². The van der Waals surface area contributed by atoms with Crippen molar-refractivity contribution in [1.82, 2.24) is 0 Å². The number of aliphatic hydroxyl groups is 12. The van der Waals surface area contributed by atoms with Gasteiger partial charge >= 0.3 is 0 Å². The summed E-state index contributed by atoms with van der Waals surface area (Å²) in [4.78, 5) is 14.3. The highest BCUT2D eigenvalue weighted by Crippen LogP contribution is 2.39. The minimum absolute atomic E-state index is 0.0777. The van der Waals surface area contributed by atoms with Gasteiger partial charge in [-0.3, -0.25) is 4.79 Å². The lowest BCUT2D eigenvalue weighted by atomic mass is 9.97. The van der Waals surface area contributed by atoms with Gasteiger partial charge in [-0.05, 0) is 38.1 Å². The zero-order valence-electron chi connectivity index (χ0n) is 33.3. The van der Waals surface area contributed by atoms with Crippen molar-refractivity contribution in [3.63, 3.8) is 0 Å². The number of phenolic OH excluding ortho intramolecular Hbond substituents is 2. The summed E-state index contributed by atoms with van der Waals surface area (Å²) in [5.74, 6) is -2.35. The SMILES string of the molecule is C[C@@H]1O[C@@H](OC2C(O)[C@H](Oc3cc(O)c4c(=O)c(O[C@@H]5OC(CO[C@@H]6OC(CO)[C@H](O)[C@H](O)C6O)[C@@H](O)C(O)C5O)c(-c5ccc(O)cc5)oc4c3)O[C@@H](C)[C@@H]2O)C(O)C(O)[C@H]1O. The molecule has 0 saturated carbocycles. The molecule has 3 aromatic rings. The maximum Gasteiger partial charge on any atom is 0.239 e. The molecule has 2 aromatic carbocycles. The number of hydrogen-bond donors (Lipinski definition) is 14. The summed E-state index contributed by atoms with van der Waals surface area (Å²) >= 11 is 0. The lowest BCUT2D eigenvalue weighted by Crippen LogP contribution is -2.63. The first-order valence-electron chi connectivity index (χ1n) is 19.8. The van der Waals surface area contributed by atoms with Gasteiger partial charge in [-0.2, -0.15) is 0 Å². The molecular weight excluding hydrogens is 852 g/mol. The van der Waals surface area contributed by atoms with E-state index in [2.05, 4.69) is 0 Å². The summed E-state index contributed by atoms with van der Waals surface area (Å²) in [6.45, 7) is 1.33. The molecule has 14 N–H and O–H groups in total. The number of benzene rings is 2. The van der Waals surface area contributed by atoms with Crippen LogP contribution in [0.5, 0.6) is 23.0 Å². The fourth-order valence-electron chi connectivity index (χ4n) is 7.57. The van der Waals surface area contributed by atoms with Crippen molar-refractivity contribution >= 4 is 11.0 Å². The molecule has 4 aliphatic rings. The van der Waals surface area contributed by atoms with Crippen molar-refractivity contribution in [2.24, 2.45) is 0 Å². The minimum Gasteiger partial charge on any atom is -0.508 e. The van der Waals surface area contributed by atoms with Crippen molar-refractivity contribution in [3.8, 4) is 34.3 Å². The third-order valence-corrected chi connectivity index (χ3v) is 11.3. The molecule has 0 bridgehead atoms. The molecule has 1 aromatic heterocycles. The third-order valence-electron chi connectivity index (χ3n) is 11.3. The van der Waals surface area contributed by atoms with Gasteiger partial charge in [0, 0.05) is 17.7 Å². The van der Waals surface area contributed by atoms with Crippen LogP contribution in [0.1, 0.15) is 13.8 Å². The predicted octanol–water partition coefficient (Wildman–Crippen LogP) is -5.07. The molecule has 4 fully saturated rings. The molecule has 0 spiro atoms. The van der Waals surface area contributed by atoms with Crippen LogP contribution in [0.3, 0.4) is 0 Å². The molecule has 63 heavy (non-hydrogen) atoms. The Kier molecular flexibility index (Phi) is 14.1. The van der Waals surface area contributed by atoms with Gasteiger partial charge in [0.15, 0.2) is 18.3 Å². The molecule has 5 heterocycles. The van der Waals surface area contributed by atoms with E-state index in [0.717, 1.165) is 12.1 Å². The summed E-state index contributed by atoms with van der Waals surface area (Å²) in [5, 5.41) is 146. The molecule has 24 heteroatoms. The van der Waals surface area contributed by atoms with E-state index in [0.29, 0.717) is 0 Å². The molecule has 4 saturated heterocycles. The molecule has 9 unspecified atom stereocenters. The second-order valence-electron chi connectivity index (χ2n) is 15.7. The monoisotopic (exact) mass is 902 g/mol. The van der Waals surface area contributed by atoms with Crippen molar-refractivity contribution in [1.29, 1.82) is 0 Å². The van der Waals surface area contributed by atoms with Crippen LogP contribution < -0.4 is 14.9 Å². The highest BCUT2D eigenvalue weighted by Gasteiger charge is 2.51. The van der Waals surface area contributed by atoms with Crippen LogP contribution in [0, 0.1) is 0 Å². The lowest BCUT2D eigenvalue weighted by Gasteiger charge is -2.45. The van der Waals surface area contributed by atoms with Gasteiger partial charge in [0.05, 0.1) is 25.4 Å². The van der Waals surface area contributed by atoms with Gasteiger partial charge in [0.2, 0.25) is 23.8 Å². The van der Waals surface area contributed by atoms with E-state index in [-0.39, 0.29) is 28.4 Å². The summed E-state index contributed by atoms with van der Waals surface area (Å²) < 4.78 is 51.1. The fourth-order valence-corrected chi connectivity index (χ4v) is 7.57. The van der Waals surface area contributed by atoms with Crippen LogP contribution in [0.4, 0.5) is 0 Å². The number of phenols is 2. The number of rotatable bonds is 11. The standard InChI is InChI=1S/C39H50O24/c1-11-21(43)26(48)30(52)37(56-11)62-34-22(44)12(2)57-39(32(34)54)58-15-7-16(42)20-17(8-15)59-33(13-3-5-14(41)6-4-13)35(25(20)47)63-38-31(53)28(50)24(46)19(61-38)10-55-36-29(51)27(49)23(45)18(9-40)60-36/h3-8,11-12,18-19,21-24,26-32,34,36-46,48-54H,9-10H2,1-2H3/t11-,12-,18?,19?,21-,22-,23-,24+,26?,27-,28?,29?,30?,31?,32?,34?,36+,37-,38-,39-/m0/s1. The first-order chi connectivity index (χ1) is 29.8. The first-order valence-corrected chi connectivity index (χ1v) is 19.8. The number of ether oxygens (including phenoxy) is 8. The normalized spacial score (nSPS) is 41.0. The van der Waals surface area contributed by atoms with E-state index >= 15 is 0 Å². The topological polar surface area (TPSA) is 387 Å². The summed E-state index contributed by atoms with van der Waals surface area (Å²) in [5.41, 5.74) is -1.36. The van der Waals surface area contributed by atoms with Gasteiger partial charge in [-0.25, -0.2) is 0 Å². The Balaban J connectivity index is 1.16. The summed E-state index contributed by atoms with van der Waals surface area (Å²) in [7, 11) is 0. The average molecular weight is 903 g/mol. The van der Waals surface area contributed by atoms with E-state index in [1.165, 1.54) is 38.1 Å². The predicted molar refractivity (Wildman–Crippen MR) is 202 cm³/mol. The minimum atomic E-state index is -2.06. The Morgan fingerprint density at radius 3 is 1.81 bits per heavy atom. The van der Waals surface area contributed by atoms with E-state index in [4.69, 9.17) is 42.3 Å². The Morgan fingerprint density at radius 1 is 0.587 bits per heavy atom. The molecule has 0 amide bonds. The number of aliphatic hydroxyl groups excluding tert-OH is 12. The Morgan fingerprint density at radius 2 is 1.14 bits per heavy atom. The molecule has 20 atom stereocenters. The molecular formula is C39H50O24. The van der Waals surface area contributed by atoms with E-state index in [9.17, 15) is 76.3 Å². The first kappa shape index (κ1) is 47.1. The second-order valence-corrected chi connectivity index (χ2v) is 15.7. The van der Waals surface area contributed by atoms with Crippen LogP contribution in [-0.2, 0) is 28.4 Å². The van der Waals surface area contributed by atoms with Gasteiger partial charge in [-0.1, -0.05) is 0 Å². The fraction of sp³-hybridized carbons (Fsp3) is 0.615. The quantitative estimate of drug-likeness (QED) is 0.0856. The van der Waals surface area contributed by atoms with Crippen LogP contribution in [0.25, 0.3) is 22.3 Å². The Hall–Kier alpha value is -3.87. The van der Waals surface area contributed by atoms with E-state index in [1.807, 2.05) is 0 Å². The van der Waals surface area contributed by atoms with Crippen LogP contribution in [0.2, 0.25) is 0 Å². The molecule has 4 aliphatic heterocycles. The highest BCUT2D eigenvalue weighted by molar-refractivity contribution is 5.88. The number of fused-ring (bicyclic) bond motifs is 1. The number of aromatic hydroxyl groups is 2. The van der Waals surface area contributed by atoms with Gasteiger partial charge in [0.1, 0.15) is 114 Å². The zero-order valence-corrected chi connectivity index (χ0v) is 33.3. The average Bonchev–Trinajstić information content (AvgIpc) is 3.25. The molecule has 7 rings (SSSR count). The van der Waals surface area contributed by atoms with Crippen LogP contribution >= 0.6 is 0 Å². The van der Waals surface area contributed by atoms with Crippen molar-refractivity contribution in [3.05, 3.63) is 46.6 Å². The lowest BCUT2D eigenvalue weighted by molar-refractivity contribution is -0.346. The molecule has 0 radical (unpaired) electrons. The van der Waals surface area contributed by atoms with E-state index in [1.54, 1.807) is 0 Å². The molecule has 350 valence electrons. The van der Waals surface area contributed by atoms with Crippen molar-refractivity contribution in [2.75, 3.05) is 13.2 Å². The zero-order chi connectivity index (χ0) is 45.8. The van der Waals surface area contributed by atoms with Crippen molar-refractivity contribution < 1.29 is 114 Å². The van der Waals surface area contributed by atoms with Gasteiger partial charge in [-0.15, -0.1) is 0 Å². The Bertz CT molecular complexity index is 2080. The van der Waals surface area contributed by atoms with Gasteiger partial charge < -0.3 is 114 Å². The smallest absolute Gasteiger partial charge is 0.239 e. The van der Waals surface area contributed by atoms with Gasteiger partial charge in [0.25, 0.3) is 0 Å².